The van der Waals surface area contributed by atoms with Crippen molar-refractivity contribution in [3.8, 4) is 0 Å². The Kier molecular flexibility index (Phi) is 4.72. The van der Waals surface area contributed by atoms with Gasteiger partial charge in [0.1, 0.15) is 0 Å². The summed E-state index contributed by atoms with van der Waals surface area (Å²) in [6.45, 7) is 10.6. The molecule has 0 radical (unpaired) electrons. The first-order chi connectivity index (χ1) is 9.02. The fourth-order valence-electron chi connectivity index (χ4n) is 3.09. The van der Waals surface area contributed by atoms with Gasteiger partial charge in [-0.25, -0.2) is 0 Å². The van der Waals surface area contributed by atoms with Crippen LogP contribution >= 0.6 is 12.4 Å². The van der Waals surface area contributed by atoms with Crippen molar-refractivity contribution in [1.29, 1.82) is 0 Å². The van der Waals surface area contributed by atoms with Crippen LogP contribution in [0.4, 0.5) is 0 Å². The highest BCUT2D eigenvalue weighted by molar-refractivity contribution is 5.85. The first-order valence-electron chi connectivity index (χ1n) is 7.31. The molecule has 1 N–H and O–H groups in total. The smallest absolute Gasteiger partial charge is 0.232 e. The van der Waals surface area contributed by atoms with Crippen molar-refractivity contribution in [2.24, 2.45) is 5.92 Å². The zero-order valence-corrected chi connectivity index (χ0v) is 13.4. The van der Waals surface area contributed by atoms with Crippen LogP contribution in [0.15, 0.2) is 4.52 Å². The Morgan fingerprint density at radius 1 is 1.35 bits per heavy atom. The van der Waals surface area contributed by atoms with Crippen LogP contribution < -0.4 is 5.32 Å². The number of aromatic nitrogens is 2. The van der Waals surface area contributed by atoms with Gasteiger partial charge in [0.2, 0.25) is 5.89 Å². The average molecular weight is 301 g/mol. The van der Waals surface area contributed by atoms with E-state index in [0.29, 0.717) is 0 Å². The molecule has 1 aromatic heterocycles. The number of piperidine rings is 1. The minimum Gasteiger partial charge on any atom is -0.339 e. The molecule has 0 amide bonds. The molecule has 5 nitrogen and oxygen atoms in total. The van der Waals surface area contributed by atoms with Crippen LogP contribution in [0.3, 0.4) is 0 Å². The van der Waals surface area contributed by atoms with Gasteiger partial charge in [-0.1, -0.05) is 25.9 Å². The number of fused-ring (bicyclic) bond motifs is 1. The molecule has 2 unspecified atom stereocenters. The quantitative estimate of drug-likeness (QED) is 0.905. The van der Waals surface area contributed by atoms with Crippen LogP contribution in [-0.2, 0) is 12.0 Å². The Bertz CT molecular complexity index is 443. The Morgan fingerprint density at radius 3 is 2.85 bits per heavy atom. The summed E-state index contributed by atoms with van der Waals surface area (Å²) in [7, 11) is 0. The number of hydrogen-bond donors (Lipinski definition) is 1. The van der Waals surface area contributed by atoms with Gasteiger partial charge in [0.05, 0.1) is 6.54 Å². The third kappa shape index (κ3) is 3.32. The largest absolute Gasteiger partial charge is 0.339 e. The van der Waals surface area contributed by atoms with E-state index in [1.165, 1.54) is 19.4 Å². The summed E-state index contributed by atoms with van der Waals surface area (Å²) in [6.07, 6.45) is 2.55. The number of rotatable bonds is 2. The molecule has 2 saturated heterocycles. The SMILES string of the molecule is CC(C)(C)c1nc(CN2CCC3NCCC3C2)no1.Cl. The van der Waals surface area contributed by atoms with Crippen molar-refractivity contribution >= 4 is 12.4 Å². The maximum Gasteiger partial charge on any atom is 0.232 e. The van der Waals surface area contributed by atoms with E-state index in [1.807, 2.05) is 0 Å². The highest BCUT2D eigenvalue weighted by atomic mass is 35.5. The third-order valence-electron chi connectivity index (χ3n) is 4.21. The van der Waals surface area contributed by atoms with Crippen molar-refractivity contribution in [2.45, 2.75) is 51.6 Å². The van der Waals surface area contributed by atoms with Crippen LogP contribution in [0, 0.1) is 5.92 Å². The van der Waals surface area contributed by atoms with Crippen molar-refractivity contribution in [3.63, 3.8) is 0 Å². The van der Waals surface area contributed by atoms with Crippen LogP contribution in [0.1, 0.15) is 45.3 Å². The monoisotopic (exact) mass is 300 g/mol. The molecule has 0 bridgehead atoms. The van der Waals surface area contributed by atoms with Crippen molar-refractivity contribution in [1.82, 2.24) is 20.4 Å². The van der Waals surface area contributed by atoms with Gasteiger partial charge < -0.3 is 9.84 Å². The van der Waals surface area contributed by atoms with Crippen LogP contribution in [0.25, 0.3) is 0 Å². The standard InChI is InChI=1S/C14H24N4O.ClH/c1-14(2,3)13-16-12(17-19-13)9-18-7-5-11-10(8-18)4-6-15-11;/h10-11,15H,4-9H2,1-3H3;1H. The Labute approximate surface area is 126 Å². The number of nitrogens with one attached hydrogen (secondary N) is 1. The first-order valence-corrected chi connectivity index (χ1v) is 7.31. The molecule has 3 rings (SSSR count). The van der Waals surface area contributed by atoms with Gasteiger partial charge in [0.25, 0.3) is 0 Å². The van der Waals surface area contributed by atoms with Crippen molar-refractivity contribution in [2.75, 3.05) is 19.6 Å². The lowest BCUT2D eigenvalue weighted by Gasteiger charge is -2.33. The highest BCUT2D eigenvalue weighted by Gasteiger charge is 2.33. The number of hydrogen-bond acceptors (Lipinski definition) is 5. The Balaban J connectivity index is 0.00000147. The van der Waals surface area contributed by atoms with Gasteiger partial charge in [-0.2, -0.15) is 4.98 Å². The molecular formula is C14H25ClN4O. The summed E-state index contributed by atoms with van der Waals surface area (Å²) in [6, 6.07) is 0.742. The molecule has 2 aliphatic heterocycles. The normalized spacial score (nSPS) is 27.1. The topological polar surface area (TPSA) is 54.2 Å². The van der Waals surface area contributed by atoms with E-state index in [1.54, 1.807) is 0 Å². The zero-order valence-electron chi connectivity index (χ0n) is 12.6. The summed E-state index contributed by atoms with van der Waals surface area (Å²) in [5.41, 5.74) is -0.0619. The van der Waals surface area contributed by atoms with Gasteiger partial charge >= 0.3 is 0 Å². The van der Waals surface area contributed by atoms with Crippen molar-refractivity contribution < 1.29 is 4.52 Å². The molecule has 2 aliphatic rings. The van der Waals surface area contributed by atoms with Gasteiger partial charge in [0.15, 0.2) is 5.82 Å². The molecule has 2 atom stereocenters. The molecule has 0 spiro atoms. The number of halogens is 1. The van der Waals surface area contributed by atoms with Gasteiger partial charge in [-0.05, 0) is 25.3 Å². The maximum absolute atomic E-state index is 5.36. The van der Waals surface area contributed by atoms with E-state index in [0.717, 1.165) is 43.3 Å². The predicted molar refractivity (Wildman–Crippen MR) is 80.0 cm³/mol. The van der Waals surface area contributed by atoms with E-state index in [4.69, 9.17) is 4.52 Å². The van der Waals surface area contributed by atoms with Gasteiger partial charge in [-0.15, -0.1) is 12.4 Å². The maximum atomic E-state index is 5.36. The van der Waals surface area contributed by atoms with Crippen LogP contribution in [0.2, 0.25) is 0 Å². The molecule has 20 heavy (non-hydrogen) atoms. The summed E-state index contributed by atoms with van der Waals surface area (Å²) in [5, 5.41) is 7.71. The summed E-state index contributed by atoms with van der Waals surface area (Å²) in [4.78, 5) is 6.99. The zero-order chi connectivity index (χ0) is 13.5. The minimum absolute atomic E-state index is 0. The van der Waals surface area contributed by atoms with E-state index >= 15 is 0 Å². The number of nitrogens with zero attached hydrogens (tertiary/aromatic N) is 3. The molecule has 6 heteroatoms. The Hall–Kier alpha value is -0.650. The fourth-order valence-corrected chi connectivity index (χ4v) is 3.09. The minimum atomic E-state index is -0.0619. The van der Waals surface area contributed by atoms with Crippen LogP contribution in [-0.4, -0.2) is 40.7 Å². The lowest BCUT2D eigenvalue weighted by atomic mass is 9.93. The predicted octanol–water partition coefficient (Wildman–Crippen LogP) is 1.97. The second-order valence-corrected chi connectivity index (χ2v) is 6.90. The summed E-state index contributed by atoms with van der Waals surface area (Å²) < 4.78 is 5.36. The highest BCUT2D eigenvalue weighted by Crippen LogP contribution is 2.26. The molecule has 1 aromatic rings. The molecule has 2 fully saturated rings. The summed E-state index contributed by atoms with van der Waals surface area (Å²) in [5.74, 6) is 2.37. The number of likely N-dealkylation sites (tertiary alicyclic amines) is 1. The van der Waals surface area contributed by atoms with Gasteiger partial charge in [-0.3, -0.25) is 4.90 Å². The van der Waals surface area contributed by atoms with E-state index in [9.17, 15) is 0 Å². The molecule has 3 heterocycles. The van der Waals surface area contributed by atoms with Gasteiger partial charge in [0, 0.05) is 24.5 Å². The van der Waals surface area contributed by atoms with E-state index in [2.05, 4.69) is 41.1 Å². The third-order valence-corrected chi connectivity index (χ3v) is 4.21. The van der Waals surface area contributed by atoms with Crippen molar-refractivity contribution in [3.05, 3.63) is 11.7 Å². The average Bonchev–Trinajstić information content (AvgIpc) is 2.95. The fraction of sp³-hybridized carbons (Fsp3) is 0.857. The lowest BCUT2D eigenvalue weighted by Crippen LogP contribution is -2.44. The molecular weight excluding hydrogens is 276 g/mol. The van der Waals surface area contributed by atoms with E-state index < -0.39 is 0 Å². The molecule has 114 valence electrons. The molecule has 0 aromatic carbocycles. The van der Waals surface area contributed by atoms with E-state index in [-0.39, 0.29) is 17.8 Å². The Morgan fingerprint density at radius 2 is 2.15 bits per heavy atom. The second kappa shape index (κ2) is 6.00. The molecule has 0 saturated carbocycles. The van der Waals surface area contributed by atoms with Crippen LogP contribution in [0.5, 0.6) is 0 Å². The first kappa shape index (κ1) is 15.7. The lowest BCUT2D eigenvalue weighted by molar-refractivity contribution is 0.151. The second-order valence-electron chi connectivity index (χ2n) is 6.90. The molecule has 0 aliphatic carbocycles. The summed E-state index contributed by atoms with van der Waals surface area (Å²) >= 11 is 0.